The van der Waals surface area contributed by atoms with Crippen molar-refractivity contribution in [3.63, 3.8) is 0 Å². The van der Waals surface area contributed by atoms with Crippen LogP contribution < -0.4 is 0 Å². The van der Waals surface area contributed by atoms with Crippen LogP contribution in [-0.4, -0.2) is 60.0 Å². The minimum atomic E-state index is -0.312. The second kappa shape index (κ2) is 8.66. The molecule has 5 heteroatoms. The molecule has 1 rings (SSSR count). The molecule has 0 spiro atoms. The molecule has 5 nitrogen and oxygen atoms in total. The van der Waals surface area contributed by atoms with E-state index in [0.717, 1.165) is 0 Å². The van der Waals surface area contributed by atoms with Crippen LogP contribution in [0.2, 0.25) is 0 Å². The van der Waals surface area contributed by atoms with Crippen LogP contribution in [-0.2, 0) is 23.7 Å². The molecule has 1 heterocycles. The Labute approximate surface area is 167 Å². The minimum absolute atomic E-state index is 0.204. The minimum Gasteiger partial charge on any atom is -0.373 e. The van der Waals surface area contributed by atoms with Crippen LogP contribution in [0.15, 0.2) is 0 Å². The Kier molecular flexibility index (Phi) is 7.97. The molecule has 0 aromatic rings. The van der Waals surface area contributed by atoms with E-state index in [9.17, 15) is 0 Å². The average Bonchev–Trinajstić information content (AvgIpc) is 2.67. The van der Waals surface area contributed by atoms with Crippen LogP contribution in [0.25, 0.3) is 0 Å². The number of hydrogen-bond acceptors (Lipinski definition) is 5. The van der Waals surface area contributed by atoms with Gasteiger partial charge in [-0.05, 0) is 83.1 Å². The van der Waals surface area contributed by atoms with Crippen molar-refractivity contribution < 1.29 is 23.7 Å². The molecule has 0 bridgehead atoms. The van der Waals surface area contributed by atoms with Crippen molar-refractivity contribution in [1.29, 1.82) is 0 Å². The summed E-state index contributed by atoms with van der Waals surface area (Å²) in [6.07, 6.45) is -0.853. The lowest BCUT2D eigenvalue weighted by atomic mass is 10.0. The molecule has 0 N–H and O–H groups in total. The molecule has 0 aromatic carbocycles. The van der Waals surface area contributed by atoms with Gasteiger partial charge < -0.3 is 23.7 Å². The molecular formula is C22H44O5. The molecule has 0 saturated carbocycles. The molecule has 1 fully saturated rings. The van der Waals surface area contributed by atoms with Crippen molar-refractivity contribution in [1.82, 2.24) is 0 Å². The van der Waals surface area contributed by atoms with Gasteiger partial charge in [-0.3, -0.25) is 0 Å². The summed E-state index contributed by atoms with van der Waals surface area (Å²) in [5.41, 5.74) is -1.10. The standard InChI is InChI=1S/C22H44O5/c1-19(2,3)23-13-15-17(26-21(7,8)9)18(27-22(10,11)12)16(25-15)14-24-20(4,5)6/h15-18H,13-14H2,1-12H3. The smallest absolute Gasteiger partial charge is 0.115 e. The van der Waals surface area contributed by atoms with E-state index < -0.39 is 0 Å². The van der Waals surface area contributed by atoms with Crippen molar-refractivity contribution in [2.24, 2.45) is 0 Å². The fourth-order valence-corrected chi connectivity index (χ4v) is 2.84. The van der Waals surface area contributed by atoms with Crippen LogP contribution in [0.3, 0.4) is 0 Å². The summed E-state index contributed by atoms with van der Waals surface area (Å²) in [5.74, 6) is 0. The van der Waals surface area contributed by atoms with Gasteiger partial charge in [0.25, 0.3) is 0 Å². The molecule has 1 saturated heterocycles. The quantitative estimate of drug-likeness (QED) is 0.657. The highest BCUT2D eigenvalue weighted by molar-refractivity contribution is 4.96. The third-order valence-corrected chi connectivity index (χ3v) is 3.75. The van der Waals surface area contributed by atoms with Gasteiger partial charge in [0.2, 0.25) is 0 Å². The largest absolute Gasteiger partial charge is 0.373 e. The fraction of sp³-hybridized carbons (Fsp3) is 1.00. The van der Waals surface area contributed by atoms with E-state index >= 15 is 0 Å². The second-order valence-electron chi connectivity index (χ2n) is 11.4. The highest BCUT2D eigenvalue weighted by Gasteiger charge is 2.49. The van der Waals surface area contributed by atoms with Crippen molar-refractivity contribution >= 4 is 0 Å². The van der Waals surface area contributed by atoms with E-state index in [0.29, 0.717) is 13.2 Å². The molecule has 0 aliphatic carbocycles. The summed E-state index contributed by atoms with van der Waals surface area (Å²) in [4.78, 5) is 0. The van der Waals surface area contributed by atoms with E-state index in [2.05, 4.69) is 41.5 Å². The SMILES string of the molecule is CC(C)(C)OCC1OC(COC(C)(C)C)C(OC(C)(C)C)C1OC(C)(C)C. The van der Waals surface area contributed by atoms with Gasteiger partial charge in [-0.25, -0.2) is 0 Å². The predicted octanol–water partition coefficient (Wildman–Crippen LogP) is 4.75. The Balaban J connectivity index is 3.06. The van der Waals surface area contributed by atoms with Gasteiger partial charge in [0.15, 0.2) is 0 Å². The molecule has 0 radical (unpaired) electrons. The van der Waals surface area contributed by atoms with Gasteiger partial charge in [0.05, 0.1) is 35.6 Å². The van der Waals surface area contributed by atoms with Crippen LogP contribution >= 0.6 is 0 Å². The molecule has 162 valence electrons. The second-order valence-corrected chi connectivity index (χ2v) is 11.4. The van der Waals surface area contributed by atoms with Gasteiger partial charge in [-0.1, -0.05) is 0 Å². The monoisotopic (exact) mass is 388 g/mol. The summed E-state index contributed by atoms with van der Waals surface area (Å²) in [7, 11) is 0. The van der Waals surface area contributed by atoms with Gasteiger partial charge >= 0.3 is 0 Å². The van der Waals surface area contributed by atoms with Crippen LogP contribution in [0.4, 0.5) is 0 Å². The molecule has 1 aliphatic heterocycles. The van der Waals surface area contributed by atoms with E-state index in [1.165, 1.54) is 0 Å². The summed E-state index contributed by atoms with van der Waals surface area (Å²) in [6.45, 7) is 25.5. The third kappa shape index (κ3) is 10.2. The number of ether oxygens (including phenoxy) is 5. The van der Waals surface area contributed by atoms with Gasteiger partial charge in [0.1, 0.15) is 24.4 Å². The zero-order chi connectivity index (χ0) is 21.3. The molecule has 27 heavy (non-hydrogen) atoms. The Bertz CT molecular complexity index is 405. The van der Waals surface area contributed by atoms with Crippen LogP contribution in [0, 0.1) is 0 Å². The Morgan fingerprint density at radius 1 is 0.519 bits per heavy atom. The van der Waals surface area contributed by atoms with Gasteiger partial charge in [-0.2, -0.15) is 0 Å². The van der Waals surface area contributed by atoms with E-state index in [-0.39, 0.29) is 46.8 Å². The van der Waals surface area contributed by atoms with Crippen molar-refractivity contribution in [3.8, 4) is 0 Å². The van der Waals surface area contributed by atoms with Crippen LogP contribution in [0.1, 0.15) is 83.1 Å². The number of hydrogen-bond donors (Lipinski definition) is 0. The maximum atomic E-state index is 6.41. The topological polar surface area (TPSA) is 46.2 Å². The van der Waals surface area contributed by atoms with Gasteiger partial charge in [0, 0.05) is 0 Å². The summed E-state index contributed by atoms with van der Waals surface area (Å²) in [5, 5.41) is 0. The average molecular weight is 389 g/mol. The Morgan fingerprint density at radius 2 is 0.815 bits per heavy atom. The predicted molar refractivity (Wildman–Crippen MR) is 109 cm³/mol. The highest BCUT2D eigenvalue weighted by Crippen LogP contribution is 2.34. The maximum Gasteiger partial charge on any atom is 0.115 e. The lowest BCUT2D eigenvalue weighted by Crippen LogP contribution is -2.47. The van der Waals surface area contributed by atoms with Crippen LogP contribution in [0.5, 0.6) is 0 Å². The van der Waals surface area contributed by atoms with E-state index in [1.807, 2.05) is 41.5 Å². The normalized spacial score (nSPS) is 28.0. The summed E-state index contributed by atoms with van der Waals surface area (Å²) < 4.78 is 31.3. The lowest BCUT2D eigenvalue weighted by Gasteiger charge is -2.35. The molecule has 1 aliphatic rings. The molecular weight excluding hydrogens is 344 g/mol. The zero-order valence-electron chi connectivity index (χ0n) is 19.8. The fourth-order valence-electron chi connectivity index (χ4n) is 2.84. The molecule has 4 atom stereocenters. The Hall–Kier alpha value is -0.200. The van der Waals surface area contributed by atoms with Crippen molar-refractivity contribution in [2.45, 2.75) is 130 Å². The zero-order valence-corrected chi connectivity index (χ0v) is 19.8. The lowest BCUT2D eigenvalue weighted by molar-refractivity contribution is -0.167. The van der Waals surface area contributed by atoms with Crippen molar-refractivity contribution in [3.05, 3.63) is 0 Å². The maximum absolute atomic E-state index is 6.41. The molecule has 0 aromatic heterocycles. The van der Waals surface area contributed by atoms with E-state index in [4.69, 9.17) is 23.7 Å². The summed E-state index contributed by atoms with van der Waals surface area (Å²) in [6, 6.07) is 0. The first-order chi connectivity index (χ1) is 11.9. The first-order valence-electron chi connectivity index (χ1n) is 10.2. The first-order valence-corrected chi connectivity index (χ1v) is 10.2. The number of rotatable bonds is 6. The molecule has 0 amide bonds. The van der Waals surface area contributed by atoms with Gasteiger partial charge in [-0.15, -0.1) is 0 Å². The third-order valence-electron chi connectivity index (χ3n) is 3.75. The highest BCUT2D eigenvalue weighted by atomic mass is 16.6. The van der Waals surface area contributed by atoms with E-state index in [1.54, 1.807) is 0 Å². The first kappa shape index (κ1) is 24.8. The Morgan fingerprint density at radius 3 is 1.04 bits per heavy atom. The summed E-state index contributed by atoms with van der Waals surface area (Å²) >= 11 is 0. The van der Waals surface area contributed by atoms with Crippen molar-refractivity contribution in [2.75, 3.05) is 13.2 Å². The molecule has 4 unspecified atom stereocenters.